The zero-order valence-electron chi connectivity index (χ0n) is 14.6. The van der Waals surface area contributed by atoms with E-state index in [1.807, 2.05) is 12.1 Å². The molecule has 1 fully saturated rings. The summed E-state index contributed by atoms with van der Waals surface area (Å²) in [6.07, 6.45) is 2.55. The van der Waals surface area contributed by atoms with E-state index in [-0.39, 0.29) is 18.4 Å². The summed E-state index contributed by atoms with van der Waals surface area (Å²) in [5.41, 5.74) is 0.587. The van der Waals surface area contributed by atoms with Crippen LogP contribution in [-0.4, -0.2) is 38.3 Å². The number of carbonyl (C=O) groups is 1. The molecule has 0 aliphatic carbocycles. The first-order chi connectivity index (χ1) is 12.5. The number of nitrogens with zero attached hydrogens (tertiary/aromatic N) is 1. The van der Waals surface area contributed by atoms with Crippen molar-refractivity contribution in [1.82, 2.24) is 4.31 Å². The number of rotatable bonds is 6. The smallest absolute Gasteiger partial charge is 0.252 e. The molecule has 1 amide bonds. The number of sulfonamides is 1. The molecular formula is C18H22N2O4S2. The Morgan fingerprint density at radius 3 is 2.81 bits per heavy atom. The maximum Gasteiger partial charge on any atom is 0.252 e. The first-order valence-corrected chi connectivity index (χ1v) is 10.8. The van der Waals surface area contributed by atoms with Gasteiger partial charge >= 0.3 is 0 Å². The van der Waals surface area contributed by atoms with Crippen molar-refractivity contribution >= 4 is 33.0 Å². The van der Waals surface area contributed by atoms with Gasteiger partial charge in [0.1, 0.15) is 9.96 Å². The third-order valence-electron chi connectivity index (χ3n) is 4.43. The molecule has 2 aromatic rings. The Morgan fingerprint density at radius 2 is 2.08 bits per heavy atom. The average molecular weight is 395 g/mol. The number of ether oxygens (including phenoxy) is 1. The van der Waals surface area contributed by atoms with Crippen LogP contribution in [0.3, 0.4) is 0 Å². The maximum atomic E-state index is 12.9. The van der Waals surface area contributed by atoms with Crippen LogP contribution in [0.15, 0.2) is 46.0 Å². The molecule has 1 aromatic carbocycles. The highest BCUT2D eigenvalue weighted by Crippen LogP contribution is 2.30. The van der Waals surface area contributed by atoms with Gasteiger partial charge in [0.15, 0.2) is 0 Å². The molecule has 1 N–H and O–H groups in total. The van der Waals surface area contributed by atoms with E-state index < -0.39 is 10.0 Å². The number of amides is 1. The molecule has 140 valence electrons. The van der Waals surface area contributed by atoms with Crippen molar-refractivity contribution in [2.24, 2.45) is 0 Å². The molecule has 0 saturated carbocycles. The third-order valence-corrected chi connectivity index (χ3v) is 7.76. The van der Waals surface area contributed by atoms with Gasteiger partial charge in [0.2, 0.25) is 5.91 Å². The van der Waals surface area contributed by atoms with Gasteiger partial charge in [-0.15, -0.1) is 11.3 Å². The minimum absolute atomic E-state index is 0.128. The Kier molecular flexibility index (Phi) is 5.95. The summed E-state index contributed by atoms with van der Waals surface area (Å²) >= 11 is 1.21. The number of carbonyl (C=O) groups excluding carboxylic acids is 1. The van der Waals surface area contributed by atoms with Crippen LogP contribution in [0.2, 0.25) is 0 Å². The number of hydrogen-bond donors (Lipinski definition) is 1. The number of piperidine rings is 1. The van der Waals surface area contributed by atoms with Crippen molar-refractivity contribution in [3.05, 3.63) is 41.8 Å². The lowest BCUT2D eigenvalue weighted by atomic mass is 10.0. The van der Waals surface area contributed by atoms with Gasteiger partial charge in [-0.2, -0.15) is 4.31 Å². The fraction of sp³-hybridized carbons (Fsp3) is 0.389. The van der Waals surface area contributed by atoms with Crippen LogP contribution in [0, 0.1) is 0 Å². The standard InChI is InChI=1S/C18H22N2O4S2/c1-24-16-9-3-2-8-15(16)19-17(21)13-14-7-4-5-11-20(14)26(22,23)18-10-6-12-25-18/h2-3,6,8-10,12,14H,4-5,7,11,13H2,1H3,(H,19,21). The minimum Gasteiger partial charge on any atom is -0.495 e. The number of benzene rings is 1. The Hall–Kier alpha value is -1.90. The molecule has 1 aliphatic heterocycles. The molecule has 1 aliphatic rings. The molecule has 1 saturated heterocycles. The topological polar surface area (TPSA) is 75.7 Å². The number of anilines is 1. The van der Waals surface area contributed by atoms with Crippen molar-refractivity contribution in [3.8, 4) is 5.75 Å². The number of thiophene rings is 1. The fourth-order valence-electron chi connectivity index (χ4n) is 3.18. The van der Waals surface area contributed by atoms with Crippen LogP contribution in [0.1, 0.15) is 25.7 Å². The van der Waals surface area contributed by atoms with Gasteiger partial charge in [0.05, 0.1) is 12.8 Å². The van der Waals surface area contributed by atoms with Gasteiger partial charge in [-0.3, -0.25) is 4.79 Å². The first-order valence-electron chi connectivity index (χ1n) is 8.50. The Morgan fingerprint density at radius 1 is 1.27 bits per heavy atom. The normalized spacial score (nSPS) is 18.4. The lowest BCUT2D eigenvalue weighted by Crippen LogP contribution is -2.45. The van der Waals surface area contributed by atoms with E-state index >= 15 is 0 Å². The van der Waals surface area contributed by atoms with Crippen molar-refractivity contribution in [2.75, 3.05) is 19.0 Å². The van der Waals surface area contributed by atoms with Gasteiger partial charge in [-0.25, -0.2) is 8.42 Å². The second-order valence-corrected chi connectivity index (χ2v) is 9.22. The van der Waals surface area contributed by atoms with Crippen LogP contribution in [-0.2, 0) is 14.8 Å². The van der Waals surface area contributed by atoms with Gasteiger partial charge in [0, 0.05) is 19.0 Å². The second kappa shape index (κ2) is 8.20. The molecule has 26 heavy (non-hydrogen) atoms. The summed E-state index contributed by atoms with van der Waals surface area (Å²) < 4.78 is 32.8. The van der Waals surface area contributed by atoms with E-state index in [0.29, 0.717) is 28.6 Å². The second-order valence-electron chi connectivity index (χ2n) is 6.15. The molecular weight excluding hydrogens is 372 g/mol. The number of methoxy groups -OCH3 is 1. The lowest BCUT2D eigenvalue weighted by Gasteiger charge is -2.34. The zero-order chi connectivity index (χ0) is 18.6. The van der Waals surface area contributed by atoms with E-state index in [1.54, 1.807) is 36.8 Å². The van der Waals surface area contributed by atoms with E-state index in [9.17, 15) is 13.2 Å². The zero-order valence-corrected chi connectivity index (χ0v) is 16.2. The van der Waals surface area contributed by atoms with Crippen molar-refractivity contribution in [2.45, 2.75) is 35.9 Å². The van der Waals surface area contributed by atoms with Crippen LogP contribution in [0.25, 0.3) is 0 Å². The van der Waals surface area contributed by atoms with Crippen LogP contribution >= 0.6 is 11.3 Å². The highest BCUT2D eigenvalue weighted by molar-refractivity contribution is 7.91. The molecule has 0 radical (unpaired) electrons. The summed E-state index contributed by atoms with van der Waals surface area (Å²) in [6.45, 7) is 0.451. The van der Waals surface area contributed by atoms with E-state index in [0.717, 1.165) is 12.8 Å². The minimum atomic E-state index is -3.55. The van der Waals surface area contributed by atoms with Gasteiger partial charge in [-0.05, 0) is 36.4 Å². The van der Waals surface area contributed by atoms with Crippen molar-refractivity contribution < 1.29 is 17.9 Å². The summed E-state index contributed by atoms with van der Waals surface area (Å²) in [5.74, 6) is 0.361. The van der Waals surface area contributed by atoms with E-state index in [4.69, 9.17) is 4.74 Å². The molecule has 6 nitrogen and oxygen atoms in total. The largest absolute Gasteiger partial charge is 0.495 e. The summed E-state index contributed by atoms with van der Waals surface area (Å²) in [5, 5.41) is 4.58. The van der Waals surface area contributed by atoms with E-state index in [2.05, 4.69) is 5.32 Å². The van der Waals surface area contributed by atoms with Gasteiger partial charge in [-0.1, -0.05) is 24.6 Å². The van der Waals surface area contributed by atoms with Crippen molar-refractivity contribution in [1.29, 1.82) is 0 Å². The Balaban J connectivity index is 1.73. The third kappa shape index (κ3) is 4.08. The molecule has 3 rings (SSSR count). The van der Waals surface area contributed by atoms with Gasteiger partial charge in [0.25, 0.3) is 10.0 Å². The summed E-state index contributed by atoms with van der Waals surface area (Å²) in [7, 11) is -2.01. The predicted molar refractivity (Wildman–Crippen MR) is 102 cm³/mol. The van der Waals surface area contributed by atoms with Crippen LogP contribution in [0.5, 0.6) is 5.75 Å². The Labute approximate surface area is 157 Å². The van der Waals surface area contributed by atoms with Crippen LogP contribution < -0.4 is 10.1 Å². The fourth-order valence-corrected chi connectivity index (χ4v) is 6.00. The highest BCUT2D eigenvalue weighted by Gasteiger charge is 2.35. The van der Waals surface area contributed by atoms with Crippen LogP contribution in [0.4, 0.5) is 5.69 Å². The number of nitrogens with one attached hydrogen (secondary N) is 1. The summed E-state index contributed by atoms with van der Waals surface area (Å²) in [4.78, 5) is 12.5. The molecule has 0 bridgehead atoms. The average Bonchev–Trinajstić information content (AvgIpc) is 3.18. The molecule has 2 heterocycles. The van der Waals surface area contributed by atoms with Crippen molar-refractivity contribution in [3.63, 3.8) is 0 Å². The highest BCUT2D eigenvalue weighted by atomic mass is 32.2. The first kappa shape index (κ1) is 18.9. The number of para-hydroxylation sites is 2. The SMILES string of the molecule is COc1ccccc1NC(=O)CC1CCCCN1S(=O)(=O)c1cccs1. The Bertz CT molecular complexity index is 850. The molecule has 8 heteroatoms. The molecule has 0 spiro atoms. The predicted octanol–water partition coefficient (Wildman–Crippen LogP) is 3.33. The number of hydrogen-bond acceptors (Lipinski definition) is 5. The summed E-state index contributed by atoms with van der Waals surface area (Å²) in [6, 6.07) is 10.2. The lowest BCUT2D eigenvalue weighted by molar-refractivity contribution is -0.117. The molecule has 1 unspecified atom stereocenters. The van der Waals surface area contributed by atoms with E-state index in [1.165, 1.54) is 15.6 Å². The molecule has 1 atom stereocenters. The maximum absolute atomic E-state index is 12.9. The quantitative estimate of drug-likeness (QED) is 0.815. The molecule has 1 aromatic heterocycles. The monoisotopic (exact) mass is 394 g/mol. The van der Waals surface area contributed by atoms with Gasteiger partial charge < -0.3 is 10.1 Å².